The molecule has 3 nitrogen and oxygen atoms in total. The van der Waals surface area contributed by atoms with E-state index in [9.17, 15) is 9.18 Å². The molecule has 0 heterocycles. The Bertz CT molecular complexity index is 599. The molecule has 1 N–H and O–H groups in total. The maximum atomic E-state index is 13.0. The average Bonchev–Trinajstić information content (AvgIpc) is 2.38. The lowest BCUT2D eigenvalue weighted by Gasteiger charge is -2.08. The highest BCUT2D eigenvalue weighted by molar-refractivity contribution is 5.90. The van der Waals surface area contributed by atoms with E-state index in [2.05, 4.69) is 5.32 Å². The molecule has 2 rings (SSSR count). The second-order valence-corrected chi connectivity index (χ2v) is 4.47. The van der Waals surface area contributed by atoms with Gasteiger partial charge in [-0.05, 0) is 42.8 Å². The number of amides is 1. The predicted molar refractivity (Wildman–Crippen MR) is 76.3 cm³/mol. The van der Waals surface area contributed by atoms with E-state index in [0.717, 1.165) is 11.3 Å². The number of hydrogen-bond acceptors (Lipinski definition) is 2. The number of ether oxygens (including phenoxy) is 1. The molecule has 4 heteroatoms. The van der Waals surface area contributed by atoms with Gasteiger partial charge in [-0.3, -0.25) is 4.79 Å². The lowest BCUT2D eigenvalue weighted by molar-refractivity contribution is -0.116. The van der Waals surface area contributed by atoms with Crippen molar-refractivity contribution in [2.75, 3.05) is 11.9 Å². The average molecular weight is 273 g/mol. The second-order valence-electron chi connectivity index (χ2n) is 4.47. The Kier molecular flexibility index (Phi) is 4.71. The highest BCUT2D eigenvalue weighted by Gasteiger charge is 2.04. The van der Waals surface area contributed by atoms with E-state index in [0.29, 0.717) is 5.69 Å². The third kappa shape index (κ3) is 4.39. The molecular weight excluding hydrogens is 257 g/mol. The minimum absolute atomic E-state index is 0.205. The molecule has 0 aliphatic carbocycles. The van der Waals surface area contributed by atoms with E-state index < -0.39 is 0 Å². The number of carbonyl (C=O) groups is 1. The number of hydrogen-bond donors (Lipinski definition) is 1. The largest absolute Gasteiger partial charge is 0.493 e. The molecule has 104 valence electrons. The third-order valence-electron chi connectivity index (χ3n) is 2.70. The van der Waals surface area contributed by atoms with Crippen molar-refractivity contribution in [1.82, 2.24) is 0 Å². The second kappa shape index (κ2) is 6.70. The molecule has 0 aromatic heterocycles. The van der Waals surface area contributed by atoms with Crippen LogP contribution in [-0.2, 0) is 4.79 Å². The fourth-order valence-electron chi connectivity index (χ4n) is 1.76. The first-order chi connectivity index (χ1) is 9.63. The quantitative estimate of drug-likeness (QED) is 0.904. The number of anilines is 1. The van der Waals surface area contributed by atoms with Crippen molar-refractivity contribution in [3.63, 3.8) is 0 Å². The van der Waals surface area contributed by atoms with Crippen molar-refractivity contribution in [2.24, 2.45) is 0 Å². The first-order valence-electron chi connectivity index (χ1n) is 6.38. The van der Waals surface area contributed by atoms with Crippen LogP contribution in [0.15, 0.2) is 48.5 Å². The molecule has 0 saturated heterocycles. The van der Waals surface area contributed by atoms with Gasteiger partial charge in [-0.15, -0.1) is 0 Å². The molecule has 0 spiro atoms. The van der Waals surface area contributed by atoms with Crippen LogP contribution in [0.25, 0.3) is 0 Å². The lowest BCUT2D eigenvalue weighted by atomic mass is 10.2. The number of nitrogens with one attached hydrogen (secondary N) is 1. The van der Waals surface area contributed by atoms with Gasteiger partial charge in [0.15, 0.2) is 0 Å². The van der Waals surface area contributed by atoms with Gasteiger partial charge in [0.25, 0.3) is 0 Å². The zero-order valence-electron chi connectivity index (χ0n) is 11.2. The van der Waals surface area contributed by atoms with E-state index in [1.807, 2.05) is 31.2 Å². The van der Waals surface area contributed by atoms with E-state index in [1.165, 1.54) is 12.1 Å². The van der Waals surface area contributed by atoms with E-state index in [4.69, 9.17) is 4.74 Å². The minimum Gasteiger partial charge on any atom is -0.493 e. The van der Waals surface area contributed by atoms with Gasteiger partial charge in [0.05, 0.1) is 13.0 Å². The van der Waals surface area contributed by atoms with Crippen LogP contribution in [0.3, 0.4) is 0 Å². The molecule has 0 aliphatic heterocycles. The Morgan fingerprint density at radius 3 is 2.75 bits per heavy atom. The first kappa shape index (κ1) is 14.1. The molecule has 0 fully saturated rings. The first-order valence-corrected chi connectivity index (χ1v) is 6.38. The van der Waals surface area contributed by atoms with Gasteiger partial charge >= 0.3 is 0 Å². The molecule has 0 bridgehead atoms. The van der Waals surface area contributed by atoms with Crippen LogP contribution in [0, 0.1) is 12.7 Å². The van der Waals surface area contributed by atoms with Crippen LogP contribution in [-0.4, -0.2) is 12.5 Å². The maximum absolute atomic E-state index is 13.0. The summed E-state index contributed by atoms with van der Waals surface area (Å²) in [7, 11) is 0. The molecule has 0 atom stereocenters. The van der Waals surface area contributed by atoms with Crippen LogP contribution >= 0.6 is 0 Å². The Morgan fingerprint density at radius 2 is 2.00 bits per heavy atom. The smallest absolute Gasteiger partial charge is 0.227 e. The normalized spacial score (nSPS) is 10.1. The van der Waals surface area contributed by atoms with Gasteiger partial charge in [0.1, 0.15) is 11.6 Å². The summed E-state index contributed by atoms with van der Waals surface area (Å²) in [4.78, 5) is 11.7. The molecule has 0 aliphatic rings. The highest BCUT2D eigenvalue weighted by Crippen LogP contribution is 2.13. The van der Waals surface area contributed by atoms with Crippen molar-refractivity contribution >= 4 is 11.6 Å². The van der Waals surface area contributed by atoms with Crippen molar-refractivity contribution in [1.29, 1.82) is 0 Å². The Hall–Kier alpha value is -2.36. The van der Waals surface area contributed by atoms with Gasteiger partial charge in [0.2, 0.25) is 5.91 Å². The monoisotopic (exact) mass is 273 g/mol. The van der Waals surface area contributed by atoms with Gasteiger partial charge in [-0.1, -0.05) is 18.2 Å². The molecule has 0 saturated carbocycles. The summed E-state index contributed by atoms with van der Waals surface area (Å²) >= 11 is 0. The Morgan fingerprint density at radius 1 is 1.20 bits per heavy atom. The zero-order valence-corrected chi connectivity index (χ0v) is 11.2. The number of carbonyl (C=O) groups excluding carboxylic acids is 1. The zero-order chi connectivity index (χ0) is 14.4. The molecule has 2 aromatic rings. The number of benzene rings is 2. The summed E-state index contributed by atoms with van der Waals surface area (Å²) in [6.07, 6.45) is 0.213. The third-order valence-corrected chi connectivity index (χ3v) is 2.70. The van der Waals surface area contributed by atoms with E-state index in [-0.39, 0.29) is 24.8 Å². The van der Waals surface area contributed by atoms with Crippen molar-refractivity contribution < 1.29 is 13.9 Å². The van der Waals surface area contributed by atoms with Gasteiger partial charge in [0, 0.05) is 5.69 Å². The van der Waals surface area contributed by atoms with Crippen LogP contribution < -0.4 is 10.1 Å². The molecule has 1 amide bonds. The van der Waals surface area contributed by atoms with Crippen molar-refractivity contribution in [2.45, 2.75) is 13.3 Å². The number of aryl methyl sites for hydroxylation is 1. The van der Waals surface area contributed by atoms with Gasteiger partial charge in [-0.25, -0.2) is 4.39 Å². The fourth-order valence-corrected chi connectivity index (χ4v) is 1.76. The van der Waals surface area contributed by atoms with Crippen LogP contribution in [0.2, 0.25) is 0 Å². The molecule has 0 radical (unpaired) electrons. The maximum Gasteiger partial charge on any atom is 0.227 e. The highest BCUT2D eigenvalue weighted by atomic mass is 19.1. The predicted octanol–water partition coefficient (Wildman–Crippen LogP) is 3.54. The number of halogens is 1. The molecular formula is C16H16FNO2. The Labute approximate surface area is 117 Å². The van der Waals surface area contributed by atoms with E-state index >= 15 is 0 Å². The van der Waals surface area contributed by atoms with Crippen molar-refractivity contribution in [3.8, 4) is 5.75 Å². The van der Waals surface area contributed by atoms with Crippen LogP contribution in [0.1, 0.15) is 12.0 Å². The summed E-state index contributed by atoms with van der Waals surface area (Å²) in [6, 6.07) is 13.4. The Balaban J connectivity index is 1.78. The summed E-state index contributed by atoms with van der Waals surface area (Å²) in [5.74, 6) is 0.158. The summed E-state index contributed by atoms with van der Waals surface area (Å²) in [5, 5.41) is 2.62. The lowest BCUT2D eigenvalue weighted by Crippen LogP contribution is -2.15. The molecule has 20 heavy (non-hydrogen) atoms. The summed E-state index contributed by atoms with van der Waals surface area (Å²) in [5.41, 5.74) is 1.55. The van der Waals surface area contributed by atoms with Crippen molar-refractivity contribution in [3.05, 3.63) is 59.9 Å². The fraction of sp³-hybridized carbons (Fsp3) is 0.188. The SMILES string of the molecule is Cc1cccc(OCCC(=O)Nc2cccc(F)c2)c1. The van der Waals surface area contributed by atoms with Gasteiger partial charge in [-0.2, -0.15) is 0 Å². The summed E-state index contributed by atoms with van der Waals surface area (Å²) in [6.45, 7) is 2.26. The minimum atomic E-state index is -0.376. The summed E-state index contributed by atoms with van der Waals surface area (Å²) < 4.78 is 18.4. The van der Waals surface area contributed by atoms with Gasteiger partial charge < -0.3 is 10.1 Å². The number of rotatable bonds is 5. The molecule has 2 aromatic carbocycles. The standard InChI is InChI=1S/C16H16FNO2/c1-12-4-2-7-15(10-12)20-9-8-16(19)18-14-6-3-5-13(17)11-14/h2-7,10-11H,8-9H2,1H3,(H,18,19). The van der Waals surface area contributed by atoms with Crippen LogP contribution in [0.4, 0.5) is 10.1 Å². The molecule has 0 unspecified atom stereocenters. The van der Waals surface area contributed by atoms with Crippen LogP contribution in [0.5, 0.6) is 5.75 Å². The topological polar surface area (TPSA) is 38.3 Å². The van der Waals surface area contributed by atoms with E-state index in [1.54, 1.807) is 12.1 Å².